The molecule has 3 rings (SSSR count). The summed E-state index contributed by atoms with van der Waals surface area (Å²) >= 11 is 0. The van der Waals surface area contributed by atoms with Crippen molar-refractivity contribution in [2.45, 2.75) is 33.9 Å². The Bertz CT molecular complexity index is 864. The highest BCUT2D eigenvalue weighted by Gasteiger charge is 2.12. The lowest BCUT2D eigenvalue weighted by molar-refractivity contribution is 0.0949. The van der Waals surface area contributed by atoms with Crippen LogP contribution in [0.5, 0.6) is 0 Å². The highest BCUT2D eigenvalue weighted by molar-refractivity contribution is 5.95. The summed E-state index contributed by atoms with van der Waals surface area (Å²) in [5.41, 5.74) is 4.93. The number of carbonyl (C=O) groups is 1. The van der Waals surface area contributed by atoms with Crippen LogP contribution < -0.4 is 5.32 Å². The van der Waals surface area contributed by atoms with Crippen molar-refractivity contribution in [1.29, 1.82) is 0 Å². The zero-order chi connectivity index (χ0) is 16.4. The second kappa shape index (κ2) is 6.24. The van der Waals surface area contributed by atoms with E-state index < -0.39 is 0 Å². The normalized spacial score (nSPS) is 10.9. The lowest BCUT2D eigenvalue weighted by Crippen LogP contribution is -2.25. The van der Waals surface area contributed by atoms with Crippen molar-refractivity contribution in [1.82, 2.24) is 14.9 Å². The van der Waals surface area contributed by atoms with Crippen LogP contribution in [0.15, 0.2) is 42.5 Å². The molecule has 3 aromatic rings. The Kier molecular flexibility index (Phi) is 4.15. The Morgan fingerprint density at radius 3 is 2.70 bits per heavy atom. The average molecular weight is 307 g/mol. The molecule has 0 aliphatic carbocycles. The lowest BCUT2D eigenvalue weighted by atomic mass is 10.1. The minimum atomic E-state index is -0.0581. The van der Waals surface area contributed by atoms with Gasteiger partial charge in [0.2, 0.25) is 0 Å². The molecule has 0 atom stereocenters. The number of aryl methyl sites for hydroxylation is 3. The van der Waals surface area contributed by atoms with Crippen molar-refractivity contribution in [3.8, 4) is 0 Å². The Balaban J connectivity index is 1.81. The maximum absolute atomic E-state index is 12.4. The highest BCUT2D eigenvalue weighted by Crippen LogP contribution is 2.16. The average Bonchev–Trinajstić information content (AvgIpc) is 2.90. The molecule has 4 nitrogen and oxygen atoms in total. The molecule has 0 aliphatic rings. The fourth-order valence-electron chi connectivity index (χ4n) is 2.94. The molecule has 0 unspecified atom stereocenters. The topological polar surface area (TPSA) is 46.9 Å². The first kappa shape index (κ1) is 15.3. The zero-order valence-corrected chi connectivity index (χ0v) is 13.8. The molecule has 0 aliphatic heterocycles. The summed E-state index contributed by atoms with van der Waals surface area (Å²) in [6.07, 6.45) is 0. The molecule has 118 valence electrons. The van der Waals surface area contributed by atoms with Crippen LogP contribution in [0.3, 0.4) is 0 Å². The lowest BCUT2D eigenvalue weighted by Gasteiger charge is -2.09. The van der Waals surface area contributed by atoms with E-state index in [1.165, 1.54) is 0 Å². The number of nitrogens with zero attached hydrogens (tertiary/aromatic N) is 2. The minimum absolute atomic E-state index is 0.0581. The van der Waals surface area contributed by atoms with Crippen LogP contribution in [-0.2, 0) is 13.1 Å². The van der Waals surface area contributed by atoms with Gasteiger partial charge in [0.15, 0.2) is 0 Å². The number of fused-ring (bicyclic) bond motifs is 1. The van der Waals surface area contributed by atoms with E-state index in [4.69, 9.17) is 0 Å². The summed E-state index contributed by atoms with van der Waals surface area (Å²) in [7, 11) is 0. The van der Waals surface area contributed by atoms with Gasteiger partial charge in [0.25, 0.3) is 5.91 Å². The molecular formula is C19H21N3O. The number of nitrogens with one attached hydrogen (secondary N) is 1. The standard InChI is InChI=1S/C19H21N3O/c1-4-22-17-8-6-5-7-16(17)21-18(22)12-20-19(23)15-10-9-13(2)11-14(15)3/h5-11H,4,12H2,1-3H3,(H,20,23). The van der Waals surface area contributed by atoms with Crippen molar-refractivity contribution < 1.29 is 4.79 Å². The van der Waals surface area contributed by atoms with Crippen molar-refractivity contribution in [3.05, 3.63) is 65.0 Å². The van der Waals surface area contributed by atoms with Gasteiger partial charge < -0.3 is 9.88 Å². The third kappa shape index (κ3) is 2.97. The van der Waals surface area contributed by atoms with Gasteiger partial charge in [-0.2, -0.15) is 0 Å². The fourth-order valence-corrected chi connectivity index (χ4v) is 2.94. The second-order valence-corrected chi connectivity index (χ2v) is 5.76. The van der Waals surface area contributed by atoms with E-state index in [0.29, 0.717) is 6.54 Å². The van der Waals surface area contributed by atoms with E-state index in [1.54, 1.807) is 0 Å². The summed E-state index contributed by atoms with van der Waals surface area (Å²) in [4.78, 5) is 17.1. The van der Waals surface area contributed by atoms with E-state index in [1.807, 2.05) is 50.2 Å². The van der Waals surface area contributed by atoms with E-state index in [2.05, 4.69) is 27.9 Å². The first-order valence-corrected chi connectivity index (χ1v) is 7.89. The van der Waals surface area contributed by atoms with Gasteiger partial charge in [-0.05, 0) is 44.5 Å². The molecule has 1 aromatic heterocycles. The Morgan fingerprint density at radius 1 is 1.17 bits per heavy atom. The summed E-state index contributed by atoms with van der Waals surface area (Å²) in [5, 5.41) is 2.99. The van der Waals surface area contributed by atoms with Crippen molar-refractivity contribution in [2.75, 3.05) is 0 Å². The molecule has 23 heavy (non-hydrogen) atoms. The number of imidazole rings is 1. The smallest absolute Gasteiger partial charge is 0.251 e. The second-order valence-electron chi connectivity index (χ2n) is 5.76. The molecular weight excluding hydrogens is 286 g/mol. The van der Waals surface area contributed by atoms with Gasteiger partial charge in [-0.3, -0.25) is 4.79 Å². The predicted octanol–water partition coefficient (Wildman–Crippen LogP) is 3.60. The van der Waals surface area contributed by atoms with Gasteiger partial charge in [0.1, 0.15) is 5.82 Å². The molecule has 0 saturated heterocycles. The van der Waals surface area contributed by atoms with Crippen molar-refractivity contribution in [2.24, 2.45) is 0 Å². The monoisotopic (exact) mass is 307 g/mol. The van der Waals surface area contributed by atoms with E-state index in [-0.39, 0.29) is 5.91 Å². The molecule has 0 saturated carbocycles. The molecule has 1 amide bonds. The largest absolute Gasteiger partial charge is 0.345 e. The van der Waals surface area contributed by atoms with Crippen LogP contribution >= 0.6 is 0 Å². The Morgan fingerprint density at radius 2 is 1.96 bits per heavy atom. The SMILES string of the molecule is CCn1c(CNC(=O)c2ccc(C)cc2C)nc2ccccc21. The molecule has 1 N–H and O–H groups in total. The molecule has 4 heteroatoms. The first-order valence-electron chi connectivity index (χ1n) is 7.89. The number of amides is 1. The highest BCUT2D eigenvalue weighted by atomic mass is 16.1. The van der Waals surface area contributed by atoms with Crippen LogP contribution in [0.25, 0.3) is 11.0 Å². The quantitative estimate of drug-likeness (QED) is 0.800. The first-order chi connectivity index (χ1) is 11.1. The van der Waals surface area contributed by atoms with Crippen LogP contribution in [0.4, 0.5) is 0 Å². The van der Waals surface area contributed by atoms with Crippen LogP contribution in [0.1, 0.15) is 34.2 Å². The van der Waals surface area contributed by atoms with Crippen molar-refractivity contribution in [3.63, 3.8) is 0 Å². The van der Waals surface area contributed by atoms with E-state index in [9.17, 15) is 4.79 Å². The number of hydrogen-bond donors (Lipinski definition) is 1. The summed E-state index contributed by atoms with van der Waals surface area (Å²) in [5.74, 6) is 0.823. The maximum Gasteiger partial charge on any atom is 0.251 e. The summed E-state index contributed by atoms with van der Waals surface area (Å²) < 4.78 is 2.14. The molecule has 0 spiro atoms. The minimum Gasteiger partial charge on any atom is -0.345 e. The molecule has 0 fully saturated rings. The maximum atomic E-state index is 12.4. The molecule has 0 bridgehead atoms. The van der Waals surface area contributed by atoms with Gasteiger partial charge in [-0.15, -0.1) is 0 Å². The van der Waals surface area contributed by atoms with Gasteiger partial charge in [0.05, 0.1) is 17.6 Å². The Labute approximate surface area is 136 Å². The van der Waals surface area contributed by atoms with Crippen molar-refractivity contribution >= 4 is 16.9 Å². The van der Waals surface area contributed by atoms with E-state index in [0.717, 1.165) is 40.1 Å². The van der Waals surface area contributed by atoms with Crippen LogP contribution in [-0.4, -0.2) is 15.5 Å². The number of carbonyl (C=O) groups excluding carboxylic acids is 1. The fraction of sp³-hybridized carbons (Fsp3) is 0.263. The number of rotatable bonds is 4. The number of hydrogen-bond acceptors (Lipinski definition) is 2. The number of para-hydroxylation sites is 2. The molecule has 1 heterocycles. The summed E-state index contributed by atoms with van der Waals surface area (Å²) in [6.45, 7) is 7.33. The van der Waals surface area contributed by atoms with Gasteiger partial charge in [-0.25, -0.2) is 4.98 Å². The molecule has 2 aromatic carbocycles. The van der Waals surface area contributed by atoms with Crippen LogP contribution in [0, 0.1) is 13.8 Å². The number of benzene rings is 2. The third-order valence-corrected chi connectivity index (χ3v) is 4.08. The third-order valence-electron chi connectivity index (χ3n) is 4.08. The zero-order valence-electron chi connectivity index (χ0n) is 13.8. The van der Waals surface area contributed by atoms with Gasteiger partial charge in [0, 0.05) is 12.1 Å². The summed E-state index contributed by atoms with van der Waals surface area (Å²) in [6, 6.07) is 13.9. The predicted molar refractivity (Wildman–Crippen MR) is 92.5 cm³/mol. The van der Waals surface area contributed by atoms with E-state index >= 15 is 0 Å². The van der Waals surface area contributed by atoms with Gasteiger partial charge >= 0.3 is 0 Å². The van der Waals surface area contributed by atoms with Gasteiger partial charge in [-0.1, -0.05) is 29.8 Å². The molecule has 0 radical (unpaired) electrons. The van der Waals surface area contributed by atoms with Crippen LogP contribution in [0.2, 0.25) is 0 Å². The number of aromatic nitrogens is 2. The Hall–Kier alpha value is -2.62.